The van der Waals surface area contributed by atoms with Crippen LogP contribution in [0.25, 0.3) is 0 Å². The number of carbonyl (C=O) groups excluding carboxylic acids is 1. The second kappa shape index (κ2) is 9.49. The molecule has 0 aliphatic carbocycles. The molecule has 2 saturated heterocycles. The highest BCUT2D eigenvalue weighted by atomic mass is 35.5. The molecule has 0 N–H and O–H groups in total. The van der Waals surface area contributed by atoms with Gasteiger partial charge in [0.05, 0.1) is 19.4 Å². The maximum atomic E-state index is 13.5. The standard InChI is InChI=1S/C24H26ClN5O3/c1-16-13-20(28-24(27-16)29-9-11-32-12-10-29)23(31)30-8-4-7-21(30)22-26-15-18(33-22)14-17-5-2-3-6-19(17)25/h2-3,5-6,13,15,21H,4,7-12,14H2,1H3. The highest BCUT2D eigenvalue weighted by Crippen LogP contribution is 2.33. The molecule has 33 heavy (non-hydrogen) atoms. The van der Waals surface area contributed by atoms with Gasteiger partial charge in [-0.1, -0.05) is 29.8 Å². The maximum Gasteiger partial charge on any atom is 0.273 e. The van der Waals surface area contributed by atoms with E-state index < -0.39 is 0 Å². The van der Waals surface area contributed by atoms with Crippen LogP contribution < -0.4 is 4.90 Å². The van der Waals surface area contributed by atoms with Gasteiger partial charge in [-0.2, -0.15) is 0 Å². The zero-order valence-corrected chi connectivity index (χ0v) is 19.3. The number of anilines is 1. The molecule has 1 atom stereocenters. The van der Waals surface area contributed by atoms with Crippen molar-refractivity contribution in [3.05, 3.63) is 70.2 Å². The summed E-state index contributed by atoms with van der Waals surface area (Å²) >= 11 is 6.28. The predicted molar refractivity (Wildman–Crippen MR) is 124 cm³/mol. The van der Waals surface area contributed by atoms with E-state index in [-0.39, 0.29) is 11.9 Å². The Morgan fingerprint density at radius 2 is 2.00 bits per heavy atom. The number of morpholine rings is 1. The van der Waals surface area contributed by atoms with Gasteiger partial charge >= 0.3 is 0 Å². The van der Waals surface area contributed by atoms with Gasteiger partial charge in [0.15, 0.2) is 0 Å². The van der Waals surface area contributed by atoms with Gasteiger partial charge in [-0.05, 0) is 37.5 Å². The number of aromatic nitrogens is 3. The van der Waals surface area contributed by atoms with E-state index in [1.54, 1.807) is 12.3 Å². The summed E-state index contributed by atoms with van der Waals surface area (Å²) in [6.07, 6.45) is 3.98. The Bertz CT molecular complexity index is 1140. The SMILES string of the molecule is Cc1cc(C(=O)N2CCCC2c2ncc(Cc3ccccc3Cl)o2)nc(N2CCOCC2)n1. The Kier molecular flexibility index (Phi) is 6.28. The molecule has 0 bridgehead atoms. The van der Waals surface area contributed by atoms with E-state index in [1.165, 1.54) is 0 Å². The fraction of sp³-hybridized carbons (Fsp3) is 0.417. The predicted octanol–water partition coefficient (Wildman–Crippen LogP) is 3.83. The van der Waals surface area contributed by atoms with Crippen molar-refractivity contribution in [3.8, 4) is 0 Å². The second-order valence-corrected chi connectivity index (χ2v) is 8.79. The first-order valence-corrected chi connectivity index (χ1v) is 11.6. The molecule has 0 spiro atoms. The first-order valence-electron chi connectivity index (χ1n) is 11.3. The fourth-order valence-corrected chi connectivity index (χ4v) is 4.57. The summed E-state index contributed by atoms with van der Waals surface area (Å²) < 4.78 is 11.5. The molecule has 9 heteroatoms. The molecule has 5 rings (SSSR count). The van der Waals surface area contributed by atoms with Crippen molar-refractivity contribution in [2.24, 2.45) is 0 Å². The number of aryl methyl sites for hydroxylation is 1. The van der Waals surface area contributed by atoms with Crippen LogP contribution in [0.3, 0.4) is 0 Å². The normalized spacial score (nSPS) is 18.7. The van der Waals surface area contributed by atoms with Crippen LogP contribution >= 0.6 is 11.6 Å². The topological polar surface area (TPSA) is 84.6 Å². The van der Waals surface area contributed by atoms with E-state index in [1.807, 2.05) is 36.1 Å². The van der Waals surface area contributed by atoms with Crippen molar-refractivity contribution in [1.82, 2.24) is 19.9 Å². The Morgan fingerprint density at radius 3 is 2.82 bits per heavy atom. The van der Waals surface area contributed by atoms with Gasteiger partial charge in [-0.15, -0.1) is 0 Å². The van der Waals surface area contributed by atoms with Gasteiger partial charge in [-0.25, -0.2) is 15.0 Å². The third kappa shape index (κ3) is 4.72. The average molecular weight is 468 g/mol. The molecule has 172 valence electrons. The van der Waals surface area contributed by atoms with Gasteiger partial charge in [0.2, 0.25) is 11.8 Å². The minimum absolute atomic E-state index is 0.122. The fourth-order valence-electron chi connectivity index (χ4n) is 4.37. The van der Waals surface area contributed by atoms with Crippen LogP contribution in [0.2, 0.25) is 5.02 Å². The molecule has 1 amide bonds. The molecule has 1 aromatic carbocycles. The summed E-state index contributed by atoms with van der Waals surface area (Å²) in [6, 6.07) is 9.23. The van der Waals surface area contributed by atoms with E-state index >= 15 is 0 Å². The Hall–Kier alpha value is -2.97. The van der Waals surface area contributed by atoms with E-state index in [2.05, 4.69) is 19.9 Å². The Morgan fingerprint density at radius 1 is 1.18 bits per heavy atom. The van der Waals surface area contributed by atoms with Crippen LogP contribution in [-0.4, -0.2) is 58.6 Å². The molecule has 1 unspecified atom stereocenters. The summed E-state index contributed by atoms with van der Waals surface area (Å²) in [5.74, 6) is 1.74. The Balaban J connectivity index is 1.35. The van der Waals surface area contributed by atoms with Crippen LogP contribution in [0.1, 0.15) is 52.3 Å². The van der Waals surface area contributed by atoms with E-state index in [0.717, 1.165) is 29.9 Å². The number of halogens is 1. The third-order valence-corrected chi connectivity index (χ3v) is 6.42. The number of nitrogens with zero attached hydrogens (tertiary/aromatic N) is 5. The number of oxazole rings is 1. The number of amides is 1. The number of carbonyl (C=O) groups is 1. The van der Waals surface area contributed by atoms with Crippen molar-refractivity contribution >= 4 is 23.5 Å². The molecule has 0 saturated carbocycles. The van der Waals surface area contributed by atoms with Gasteiger partial charge in [0, 0.05) is 36.8 Å². The van der Waals surface area contributed by atoms with Crippen LogP contribution in [-0.2, 0) is 11.2 Å². The smallest absolute Gasteiger partial charge is 0.273 e. The van der Waals surface area contributed by atoms with Crippen LogP contribution in [0.4, 0.5) is 5.95 Å². The molecule has 2 aliphatic rings. The number of hydrogen-bond donors (Lipinski definition) is 0. The molecular weight excluding hydrogens is 442 g/mol. The molecule has 2 fully saturated rings. The summed E-state index contributed by atoms with van der Waals surface area (Å²) in [4.78, 5) is 31.0. The van der Waals surface area contributed by atoms with Crippen LogP contribution in [0.5, 0.6) is 0 Å². The highest BCUT2D eigenvalue weighted by Gasteiger charge is 2.35. The molecular formula is C24H26ClN5O3. The molecule has 2 aromatic heterocycles. The Labute approximate surface area is 197 Å². The lowest BCUT2D eigenvalue weighted by Gasteiger charge is -2.27. The van der Waals surface area contributed by atoms with Crippen molar-refractivity contribution in [1.29, 1.82) is 0 Å². The van der Waals surface area contributed by atoms with Gasteiger partial charge in [0.25, 0.3) is 5.91 Å². The molecule has 4 heterocycles. The minimum Gasteiger partial charge on any atom is -0.443 e. The largest absolute Gasteiger partial charge is 0.443 e. The number of hydrogen-bond acceptors (Lipinski definition) is 7. The zero-order chi connectivity index (χ0) is 22.8. The van der Waals surface area contributed by atoms with E-state index in [0.29, 0.717) is 61.8 Å². The van der Waals surface area contributed by atoms with Gasteiger partial charge in [-0.3, -0.25) is 4.79 Å². The number of likely N-dealkylation sites (tertiary alicyclic amines) is 1. The number of benzene rings is 1. The lowest BCUT2D eigenvalue weighted by molar-refractivity contribution is 0.0708. The van der Waals surface area contributed by atoms with Crippen LogP contribution in [0.15, 0.2) is 40.9 Å². The van der Waals surface area contributed by atoms with Crippen molar-refractivity contribution in [2.75, 3.05) is 37.7 Å². The lowest BCUT2D eigenvalue weighted by Crippen LogP contribution is -2.38. The highest BCUT2D eigenvalue weighted by molar-refractivity contribution is 6.31. The molecule has 8 nitrogen and oxygen atoms in total. The third-order valence-electron chi connectivity index (χ3n) is 6.05. The van der Waals surface area contributed by atoms with Gasteiger partial charge < -0.3 is 19.0 Å². The first kappa shape index (κ1) is 21.9. The quantitative estimate of drug-likeness (QED) is 0.563. The minimum atomic E-state index is -0.209. The average Bonchev–Trinajstić information content (AvgIpc) is 3.50. The summed E-state index contributed by atoms with van der Waals surface area (Å²) in [5, 5.41) is 0.698. The monoisotopic (exact) mass is 467 g/mol. The number of ether oxygens (including phenoxy) is 1. The molecule has 2 aliphatic heterocycles. The van der Waals surface area contributed by atoms with Crippen molar-refractivity contribution < 1.29 is 13.9 Å². The zero-order valence-electron chi connectivity index (χ0n) is 18.5. The summed E-state index contributed by atoms with van der Waals surface area (Å²) in [6.45, 7) is 5.23. The van der Waals surface area contributed by atoms with Crippen molar-refractivity contribution in [3.63, 3.8) is 0 Å². The molecule has 3 aromatic rings. The van der Waals surface area contributed by atoms with Crippen LogP contribution in [0, 0.1) is 6.92 Å². The van der Waals surface area contributed by atoms with E-state index in [4.69, 9.17) is 20.8 Å². The van der Waals surface area contributed by atoms with Gasteiger partial charge in [0.1, 0.15) is 17.5 Å². The first-order chi connectivity index (χ1) is 16.1. The summed E-state index contributed by atoms with van der Waals surface area (Å²) in [5.41, 5.74) is 2.15. The second-order valence-electron chi connectivity index (χ2n) is 8.38. The molecule has 0 radical (unpaired) electrons. The van der Waals surface area contributed by atoms with Crippen molar-refractivity contribution in [2.45, 2.75) is 32.2 Å². The lowest BCUT2D eigenvalue weighted by atomic mass is 10.1. The van der Waals surface area contributed by atoms with E-state index in [9.17, 15) is 4.79 Å². The number of rotatable bonds is 5. The summed E-state index contributed by atoms with van der Waals surface area (Å²) in [7, 11) is 0. The maximum absolute atomic E-state index is 13.5.